The van der Waals surface area contributed by atoms with Gasteiger partial charge in [0.25, 0.3) is 11.8 Å². The van der Waals surface area contributed by atoms with E-state index in [1.165, 1.54) is 4.90 Å². The Morgan fingerprint density at radius 3 is 2.03 bits per heavy atom. The Morgan fingerprint density at radius 2 is 1.45 bits per heavy atom. The number of carbonyl (C=O) groups is 2. The maximum Gasteiger partial charge on any atom is 0.282 e. The summed E-state index contributed by atoms with van der Waals surface area (Å²) >= 11 is 6.09. The standard InChI is InChI=1S/C26H23ClN2O4/c1-15-5-7-17(8-6-15)23-24(28-19-12-20(32-3)14-21(13-19)33-4)26(31)29(25(23)30)22-10-9-18(27)11-16(22)2/h5-14,28H,1-4H3. The number of rotatable bonds is 6. The zero-order valence-electron chi connectivity index (χ0n) is 18.7. The van der Waals surface area contributed by atoms with E-state index in [1.807, 2.05) is 38.1 Å². The lowest BCUT2D eigenvalue weighted by molar-refractivity contribution is -0.120. The quantitative estimate of drug-likeness (QED) is 0.499. The number of aryl methyl sites for hydroxylation is 2. The highest BCUT2D eigenvalue weighted by molar-refractivity contribution is 6.46. The SMILES string of the molecule is COc1cc(NC2=C(c3ccc(C)cc3)C(=O)N(c3ccc(Cl)cc3C)C2=O)cc(OC)c1. The van der Waals surface area contributed by atoms with Crippen molar-refractivity contribution >= 4 is 40.4 Å². The second-order valence-electron chi connectivity index (χ2n) is 7.72. The van der Waals surface area contributed by atoms with Crippen molar-refractivity contribution in [2.75, 3.05) is 24.4 Å². The van der Waals surface area contributed by atoms with Crippen LogP contribution in [0.3, 0.4) is 0 Å². The Balaban J connectivity index is 1.85. The number of nitrogens with zero attached hydrogens (tertiary/aromatic N) is 1. The zero-order chi connectivity index (χ0) is 23.7. The maximum atomic E-state index is 13.6. The Morgan fingerprint density at radius 1 is 0.818 bits per heavy atom. The molecule has 0 bridgehead atoms. The van der Waals surface area contributed by atoms with E-state index in [0.717, 1.165) is 11.1 Å². The molecule has 7 heteroatoms. The van der Waals surface area contributed by atoms with Crippen LogP contribution in [0.25, 0.3) is 5.57 Å². The van der Waals surface area contributed by atoms with Crippen molar-refractivity contribution in [3.63, 3.8) is 0 Å². The zero-order valence-corrected chi connectivity index (χ0v) is 19.5. The number of carbonyl (C=O) groups excluding carboxylic acids is 2. The van der Waals surface area contributed by atoms with E-state index < -0.39 is 11.8 Å². The predicted octanol–water partition coefficient (Wildman–Crippen LogP) is 5.37. The number of hydrogen-bond acceptors (Lipinski definition) is 5. The van der Waals surface area contributed by atoms with Gasteiger partial charge in [0.1, 0.15) is 17.2 Å². The molecular weight excluding hydrogens is 440 g/mol. The molecule has 0 radical (unpaired) electrons. The van der Waals surface area contributed by atoms with Crippen LogP contribution in [0.4, 0.5) is 11.4 Å². The first-order chi connectivity index (χ1) is 15.8. The van der Waals surface area contributed by atoms with Gasteiger partial charge in [-0.25, -0.2) is 4.90 Å². The summed E-state index contributed by atoms with van der Waals surface area (Å²) in [6.45, 7) is 3.77. The molecule has 4 rings (SSSR count). The van der Waals surface area contributed by atoms with Crippen LogP contribution >= 0.6 is 11.6 Å². The van der Waals surface area contributed by atoms with Crippen LogP contribution in [0.15, 0.2) is 66.4 Å². The molecule has 1 heterocycles. The molecule has 1 aliphatic heterocycles. The molecule has 3 aromatic rings. The van der Waals surface area contributed by atoms with Crippen LogP contribution < -0.4 is 19.7 Å². The second kappa shape index (κ2) is 9.00. The number of ether oxygens (including phenoxy) is 2. The maximum absolute atomic E-state index is 13.6. The minimum Gasteiger partial charge on any atom is -0.497 e. The lowest BCUT2D eigenvalue weighted by atomic mass is 10.0. The molecule has 0 atom stereocenters. The summed E-state index contributed by atoms with van der Waals surface area (Å²) in [4.78, 5) is 28.4. The van der Waals surface area contributed by atoms with Crippen molar-refractivity contribution in [2.45, 2.75) is 13.8 Å². The fourth-order valence-electron chi connectivity index (χ4n) is 3.75. The van der Waals surface area contributed by atoms with Gasteiger partial charge in [0.15, 0.2) is 0 Å². The van der Waals surface area contributed by atoms with Gasteiger partial charge in [-0.2, -0.15) is 0 Å². The number of imide groups is 1. The predicted molar refractivity (Wildman–Crippen MR) is 130 cm³/mol. The first-order valence-corrected chi connectivity index (χ1v) is 10.7. The molecule has 1 N–H and O–H groups in total. The number of methoxy groups -OCH3 is 2. The van der Waals surface area contributed by atoms with Gasteiger partial charge in [0.05, 0.1) is 25.5 Å². The molecule has 0 aromatic heterocycles. The van der Waals surface area contributed by atoms with Crippen molar-refractivity contribution in [2.24, 2.45) is 0 Å². The molecule has 168 valence electrons. The first-order valence-electron chi connectivity index (χ1n) is 10.3. The summed E-state index contributed by atoms with van der Waals surface area (Å²) in [7, 11) is 3.09. The summed E-state index contributed by atoms with van der Waals surface area (Å²) in [5, 5.41) is 3.68. The van der Waals surface area contributed by atoms with Crippen molar-refractivity contribution < 1.29 is 19.1 Å². The number of amides is 2. The first kappa shape index (κ1) is 22.4. The van der Waals surface area contributed by atoms with Gasteiger partial charge >= 0.3 is 0 Å². The minimum absolute atomic E-state index is 0.175. The van der Waals surface area contributed by atoms with Crippen LogP contribution in [0.1, 0.15) is 16.7 Å². The lowest BCUT2D eigenvalue weighted by Gasteiger charge is -2.18. The molecule has 0 spiro atoms. The number of nitrogens with one attached hydrogen (secondary N) is 1. The smallest absolute Gasteiger partial charge is 0.282 e. The fraction of sp³-hybridized carbons (Fsp3) is 0.154. The van der Waals surface area contributed by atoms with Gasteiger partial charge in [-0.05, 0) is 43.2 Å². The van der Waals surface area contributed by atoms with Gasteiger partial charge in [-0.3, -0.25) is 9.59 Å². The summed E-state index contributed by atoms with van der Waals surface area (Å²) < 4.78 is 10.7. The van der Waals surface area contributed by atoms with E-state index in [1.54, 1.807) is 50.6 Å². The van der Waals surface area contributed by atoms with E-state index in [2.05, 4.69) is 5.32 Å². The third-order valence-corrected chi connectivity index (χ3v) is 5.68. The second-order valence-corrected chi connectivity index (χ2v) is 8.16. The molecular formula is C26H23ClN2O4. The summed E-state index contributed by atoms with van der Waals surface area (Å²) in [6, 6.07) is 17.7. The van der Waals surface area contributed by atoms with E-state index in [4.69, 9.17) is 21.1 Å². The highest BCUT2D eigenvalue weighted by atomic mass is 35.5. The Labute approximate surface area is 197 Å². The minimum atomic E-state index is -0.456. The summed E-state index contributed by atoms with van der Waals surface area (Å²) in [5.41, 5.74) is 3.92. The highest BCUT2D eigenvalue weighted by Gasteiger charge is 2.40. The van der Waals surface area contributed by atoms with Crippen molar-refractivity contribution in [3.05, 3.63) is 88.1 Å². The number of benzene rings is 3. The molecule has 6 nitrogen and oxygen atoms in total. The van der Waals surface area contributed by atoms with Crippen LogP contribution in [0.2, 0.25) is 5.02 Å². The Kier molecular flexibility index (Phi) is 6.11. The van der Waals surface area contributed by atoms with E-state index in [-0.39, 0.29) is 11.3 Å². The highest BCUT2D eigenvalue weighted by Crippen LogP contribution is 2.37. The summed E-state index contributed by atoms with van der Waals surface area (Å²) in [5.74, 6) is 0.238. The molecule has 33 heavy (non-hydrogen) atoms. The van der Waals surface area contributed by atoms with E-state index in [0.29, 0.717) is 33.5 Å². The molecule has 0 fully saturated rings. The molecule has 0 aliphatic carbocycles. The van der Waals surface area contributed by atoms with Gasteiger partial charge in [-0.15, -0.1) is 0 Å². The molecule has 0 saturated heterocycles. The molecule has 3 aromatic carbocycles. The van der Waals surface area contributed by atoms with Gasteiger partial charge in [0, 0.05) is 28.9 Å². The third-order valence-electron chi connectivity index (χ3n) is 5.44. The number of halogens is 1. The van der Waals surface area contributed by atoms with Crippen molar-refractivity contribution in [1.82, 2.24) is 0 Å². The van der Waals surface area contributed by atoms with E-state index in [9.17, 15) is 9.59 Å². The molecule has 2 amide bonds. The number of hydrogen-bond donors (Lipinski definition) is 1. The molecule has 0 unspecified atom stereocenters. The van der Waals surface area contributed by atoms with Crippen LogP contribution in [-0.4, -0.2) is 26.0 Å². The molecule has 0 saturated carbocycles. The third kappa shape index (κ3) is 4.30. The monoisotopic (exact) mass is 462 g/mol. The average molecular weight is 463 g/mol. The lowest BCUT2D eigenvalue weighted by Crippen LogP contribution is -2.33. The Bertz CT molecular complexity index is 1260. The van der Waals surface area contributed by atoms with Crippen LogP contribution in [0, 0.1) is 13.8 Å². The largest absolute Gasteiger partial charge is 0.497 e. The number of anilines is 2. The Hall–Kier alpha value is -3.77. The van der Waals surface area contributed by atoms with E-state index >= 15 is 0 Å². The summed E-state index contributed by atoms with van der Waals surface area (Å²) in [6.07, 6.45) is 0. The van der Waals surface area contributed by atoms with Gasteiger partial charge in [0.2, 0.25) is 0 Å². The van der Waals surface area contributed by atoms with Crippen LogP contribution in [0.5, 0.6) is 11.5 Å². The fourth-order valence-corrected chi connectivity index (χ4v) is 3.97. The van der Waals surface area contributed by atoms with Gasteiger partial charge in [-0.1, -0.05) is 41.4 Å². The van der Waals surface area contributed by atoms with Crippen molar-refractivity contribution in [3.8, 4) is 11.5 Å². The topological polar surface area (TPSA) is 67.9 Å². The van der Waals surface area contributed by atoms with Crippen molar-refractivity contribution in [1.29, 1.82) is 0 Å². The average Bonchev–Trinajstić information content (AvgIpc) is 3.03. The van der Waals surface area contributed by atoms with Crippen LogP contribution in [-0.2, 0) is 9.59 Å². The normalized spacial score (nSPS) is 13.5. The van der Waals surface area contributed by atoms with Gasteiger partial charge < -0.3 is 14.8 Å². The molecule has 1 aliphatic rings.